The van der Waals surface area contributed by atoms with Crippen LogP contribution >= 0.6 is 0 Å². The number of benzene rings is 3. The van der Waals surface area contributed by atoms with E-state index in [9.17, 15) is 9.59 Å². The first-order valence-corrected chi connectivity index (χ1v) is 9.72. The Morgan fingerprint density at radius 1 is 0.897 bits per heavy atom. The molecule has 3 rings (SSSR count). The summed E-state index contributed by atoms with van der Waals surface area (Å²) in [5, 5.41) is 9.10. The molecule has 3 aromatic rings. The second-order valence-corrected chi connectivity index (χ2v) is 6.64. The quantitative estimate of drug-likeness (QED) is 0.470. The highest BCUT2D eigenvalue weighted by Gasteiger charge is 2.20. The number of nitrogens with one attached hydrogen (secondary N) is 3. The third kappa shape index (κ3) is 5.02. The van der Waals surface area contributed by atoms with E-state index in [-0.39, 0.29) is 11.9 Å². The summed E-state index contributed by atoms with van der Waals surface area (Å²) >= 11 is 0. The van der Waals surface area contributed by atoms with Crippen LogP contribution in [0.3, 0.4) is 0 Å². The molecule has 29 heavy (non-hydrogen) atoms. The number of para-hydroxylation sites is 1. The molecule has 148 valence electrons. The summed E-state index contributed by atoms with van der Waals surface area (Å²) < 4.78 is 0. The number of anilines is 2. The number of carbonyl (C=O) groups is 2. The molecule has 3 N–H and O–H groups in total. The maximum Gasteiger partial charge on any atom is 0.254 e. The Morgan fingerprint density at radius 3 is 2.07 bits per heavy atom. The van der Waals surface area contributed by atoms with Gasteiger partial charge in [-0.3, -0.25) is 9.59 Å². The molecular formula is C24H25N3O2. The van der Waals surface area contributed by atoms with Gasteiger partial charge in [0.15, 0.2) is 0 Å². The number of hydrogen-bond acceptors (Lipinski definition) is 3. The van der Waals surface area contributed by atoms with Gasteiger partial charge in [0.25, 0.3) is 5.91 Å². The van der Waals surface area contributed by atoms with Gasteiger partial charge in [-0.15, -0.1) is 0 Å². The zero-order valence-electron chi connectivity index (χ0n) is 16.4. The summed E-state index contributed by atoms with van der Waals surface area (Å²) in [4.78, 5) is 24.3. The molecule has 0 saturated heterocycles. The van der Waals surface area contributed by atoms with Crippen molar-refractivity contribution in [2.24, 2.45) is 0 Å². The van der Waals surface area contributed by atoms with Gasteiger partial charge >= 0.3 is 0 Å². The summed E-state index contributed by atoms with van der Waals surface area (Å²) in [5.74, 6) is -0.212. The van der Waals surface area contributed by atoms with E-state index >= 15 is 0 Å². The second kappa shape index (κ2) is 10.1. The fourth-order valence-electron chi connectivity index (χ4n) is 3.22. The molecule has 0 bridgehead atoms. The highest BCUT2D eigenvalue weighted by atomic mass is 16.1. The third-order valence-corrected chi connectivity index (χ3v) is 4.62. The molecule has 0 heterocycles. The van der Waals surface area contributed by atoms with Crippen LogP contribution in [0.4, 0.5) is 11.4 Å². The van der Waals surface area contributed by atoms with Crippen molar-refractivity contribution in [1.29, 1.82) is 0 Å². The maximum atomic E-state index is 13.3. The van der Waals surface area contributed by atoms with Crippen LogP contribution in [0.5, 0.6) is 0 Å². The standard InChI is InChI=1S/C24H25N3O2/c1-2-16-25-23-20(14-9-15-21(23)26-17-28)24(29)27-22(18-10-5-3-6-11-18)19-12-7-4-8-13-19/h3-15,17,22,25H,2,16H2,1H3,(H,26,28)(H,27,29). The Kier molecular flexibility index (Phi) is 7.00. The lowest BCUT2D eigenvalue weighted by Gasteiger charge is -2.22. The van der Waals surface area contributed by atoms with Crippen molar-refractivity contribution in [2.75, 3.05) is 17.2 Å². The van der Waals surface area contributed by atoms with Crippen LogP contribution < -0.4 is 16.0 Å². The minimum Gasteiger partial charge on any atom is -0.383 e. The van der Waals surface area contributed by atoms with Gasteiger partial charge in [0.1, 0.15) is 0 Å². The van der Waals surface area contributed by atoms with Crippen LogP contribution in [0, 0.1) is 0 Å². The first-order chi connectivity index (χ1) is 14.2. The van der Waals surface area contributed by atoms with Crippen LogP contribution in [0.2, 0.25) is 0 Å². The predicted octanol–water partition coefficient (Wildman–Crippen LogP) is 4.60. The topological polar surface area (TPSA) is 70.2 Å². The van der Waals surface area contributed by atoms with E-state index in [1.165, 1.54) is 0 Å². The average molecular weight is 387 g/mol. The molecule has 0 aromatic heterocycles. The Hall–Kier alpha value is -3.60. The summed E-state index contributed by atoms with van der Waals surface area (Å²) in [7, 11) is 0. The van der Waals surface area contributed by atoms with E-state index in [4.69, 9.17) is 0 Å². The van der Waals surface area contributed by atoms with Crippen LogP contribution in [-0.2, 0) is 4.79 Å². The molecule has 0 unspecified atom stereocenters. The fraction of sp³-hybridized carbons (Fsp3) is 0.167. The lowest BCUT2D eigenvalue weighted by Crippen LogP contribution is -2.30. The van der Waals surface area contributed by atoms with E-state index in [0.29, 0.717) is 29.9 Å². The van der Waals surface area contributed by atoms with Crippen LogP contribution in [0.1, 0.15) is 40.9 Å². The van der Waals surface area contributed by atoms with Gasteiger partial charge in [-0.2, -0.15) is 0 Å². The van der Waals surface area contributed by atoms with Gasteiger partial charge < -0.3 is 16.0 Å². The number of rotatable bonds is 9. The van der Waals surface area contributed by atoms with Crippen molar-refractivity contribution in [2.45, 2.75) is 19.4 Å². The molecule has 0 spiro atoms. The lowest BCUT2D eigenvalue weighted by atomic mass is 9.98. The normalized spacial score (nSPS) is 10.4. The van der Waals surface area contributed by atoms with Gasteiger partial charge in [0, 0.05) is 6.54 Å². The SMILES string of the molecule is CCCNc1c(NC=O)cccc1C(=O)NC(c1ccccc1)c1ccccc1. The maximum absolute atomic E-state index is 13.3. The van der Waals surface area contributed by atoms with Crippen molar-refractivity contribution in [3.8, 4) is 0 Å². The van der Waals surface area contributed by atoms with Crippen molar-refractivity contribution in [1.82, 2.24) is 5.32 Å². The summed E-state index contributed by atoms with van der Waals surface area (Å²) in [6.07, 6.45) is 1.51. The minimum absolute atomic E-state index is 0.212. The number of amides is 2. The van der Waals surface area contributed by atoms with E-state index in [1.54, 1.807) is 18.2 Å². The smallest absolute Gasteiger partial charge is 0.254 e. The molecule has 0 aliphatic carbocycles. The zero-order valence-corrected chi connectivity index (χ0v) is 16.4. The molecule has 3 aromatic carbocycles. The molecule has 2 amide bonds. The highest BCUT2D eigenvalue weighted by Crippen LogP contribution is 2.28. The molecule has 5 nitrogen and oxygen atoms in total. The molecule has 0 fully saturated rings. The monoisotopic (exact) mass is 387 g/mol. The number of carbonyl (C=O) groups excluding carboxylic acids is 2. The Morgan fingerprint density at radius 2 is 1.52 bits per heavy atom. The van der Waals surface area contributed by atoms with Crippen LogP contribution in [-0.4, -0.2) is 18.9 Å². The van der Waals surface area contributed by atoms with E-state index in [0.717, 1.165) is 17.5 Å². The molecule has 5 heteroatoms. The highest BCUT2D eigenvalue weighted by molar-refractivity contribution is 6.03. The van der Waals surface area contributed by atoms with Crippen molar-refractivity contribution < 1.29 is 9.59 Å². The van der Waals surface area contributed by atoms with E-state index in [2.05, 4.69) is 16.0 Å². The van der Waals surface area contributed by atoms with Gasteiger partial charge in [-0.05, 0) is 29.7 Å². The molecule has 0 radical (unpaired) electrons. The lowest BCUT2D eigenvalue weighted by molar-refractivity contribution is -0.105. The van der Waals surface area contributed by atoms with Gasteiger partial charge in [-0.25, -0.2) is 0 Å². The van der Waals surface area contributed by atoms with Gasteiger partial charge in [0.2, 0.25) is 6.41 Å². The molecular weight excluding hydrogens is 362 g/mol. The zero-order chi connectivity index (χ0) is 20.5. The summed E-state index contributed by atoms with van der Waals surface area (Å²) in [6.45, 7) is 2.74. The summed E-state index contributed by atoms with van der Waals surface area (Å²) in [5.41, 5.74) is 3.69. The average Bonchev–Trinajstić information content (AvgIpc) is 2.77. The van der Waals surface area contributed by atoms with Crippen molar-refractivity contribution in [3.05, 3.63) is 95.6 Å². The van der Waals surface area contributed by atoms with Gasteiger partial charge in [-0.1, -0.05) is 73.7 Å². The third-order valence-electron chi connectivity index (χ3n) is 4.62. The molecule has 0 aliphatic heterocycles. The van der Waals surface area contributed by atoms with Crippen LogP contribution in [0.25, 0.3) is 0 Å². The molecule has 0 aliphatic rings. The van der Waals surface area contributed by atoms with Gasteiger partial charge in [0.05, 0.1) is 23.0 Å². The summed E-state index contributed by atoms with van der Waals surface area (Å²) in [6, 6.07) is 24.7. The molecule has 0 saturated carbocycles. The molecule has 0 atom stereocenters. The Balaban J connectivity index is 1.96. The Labute approximate surface area is 171 Å². The van der Waals surface area contributed by atoms with Crippen molar-refractivity contribution >= 4 is 23.7 Å². The predicted molar refractivity (Wildman–Crippen MR) is 117 cm³/mol. The minimum atomic E-state index is -0.286. The fourth-order valence-corrected chi connectivity index (χ4v) is 3.22. The van der Waals surface area contributed by atoms with E-state index in [1.807, 2.05) is 67.6 Å². The largest absolute Gasteiger partial charge is 0.383 e. The second-order valence-electron chi connectivity index (χ2n) is 6.64. The van der Waals surface area contributed by atoms with E-state index < -0.39 is 0 Å². The number of hydrogen-bond donors (Lipinski definition) is 3. The first-order valence-electron chi connectivity index (χ1n) is 9.72. The Bertz CT molecular complexity index is 903. The van der Waals surface area contributed by atoms with Crippen LogP contribution in [0.15, 0.2) is 78.9 Å². The van der Waals surface area contributed by atoms with Crippen molar-refractivity contribution in [3.63, 3.8) is 0 Å². The first kappa shape index (κ1) is 20.1.